The molecule has 0 heterocycles. The SMILES string of the molecule is C=C[C@]1(O)CC[C@H]2[C@@H]3CCC4=CC(=O)CC[C@]4(CO)[C@H]3CC[C@@]21C. The molecule has 132 valence electrons. The molecule has 0 radical (unpaired) electrons. The first-order chi connectivity index (χ1) is 11.4. The molecular weight excluding hydrogens is 300 g/mol. The van der Waals surface area contributed by atoms with E-state index in [-0.39, 0.29) is 23.2 Å². The summed E-state index contributed by atoms with van der Waals surface area (Å²) in [5.41, 5.74) is 0.210. The maximum atomic E-state index is 11.9. The van der Waals surface area contributed by atoms with Crippen LogP contribution in [0.1, 0.15) is 58.3 Å². The molecule has 2 N–H and O–H groups in total. The quantitative estimate of drug-likeness (QED) is 0.763. The Morgan fingerprint density at radius 1 is 1.21 bits per heavy atom. The first kappa shape index (κ1) is 16.5. The van der Waals surface area contributed by atoms with E-state index >= 15 is 0 Å². The van der Waals surface area contributed by atoms with Gasteiger partial charge in [0.15, 0.2) is 5.78 Å². The summed E-state index contributed by atoms with van der Waals surface area (Å²) in [5, 5.41) is 21.4. The molecular formula is C21H30O3. The predicted octanol–water partition coefficient (Wildman–Crippen LogP) is 3.41. The standard InChI is InChI=1S/C21H30O3/c1-3-21(24)11-8-17-16-5-4-14-12-15(23)6-10-20(14,13-22)18(16)7-9-19(17,21)2/h3,12,16-18,22,24H,1,4-11,13H2,2H3/t16-,17-,18-,19-,20+,21-/m0/s1. The van der Waals surface area contributed by atoms with E-state index in [4.69, 9.17) is 0 Å². The molecule has 0 saturated heterocycles. The molecule has 0 aliphatic heterocycles. The lowest BCUT2D eigenvalue weighted by Gasteiger charge is -2.59. The Bertz CT molecular complexity index is 608. The Balaban J connectivity index is 1.72. The molecule has 24 heavy (non-hydrogen) atoms. The van der Waals surface area contributed by atoms with E-state index in [2.05, 4.69) is 13.5 Å². The molecule has 0 bridgehead atoms. The molecule has 6 atom stereocenters. The van der Waals surface area contributed by atoms with E-state index < -0.39 is 5.60 Å². The zero-order valence-corrected chi connectivity index (χ0v) is 14.8. The van der Waals surface area contributed by atoms with Gasteiger partial charge >= 0.3 is 0 Å². The van der Waals surface area contributed by atoms with Crippen molar-refractivity contribution < 1.29 is 15.0 Å². The zero-order chi connectivity index (χ0) is 17.2. The van der Waals surface area contributed by atoms with E-state index in [1.807, 2.05) is 6.08 Å². The van der Waals surface area contributed by atoms with Crippen molar-refractivity contribution in [3.8, 4) is 0 Å². The fraction of sp³-hybridized carbons (Fsp3) is 0.762. The summed E-state index contributed by atoms with van der Waals surface area (Å²) in [6.07, 6.45) is 10.9. The lowest BCUT2D eigenvalue weighted by atomic mass is 9.46. The Labute approximate surface area is 144 Å². The number of aliphatic hydroxyl groups excluding tert-OH is 1. The minimum Gasteiger partial charge on any atom is -0.395 e. The zero-order valence-electron chi connectivity index (χ0n) is 14.8. The number of carbonyl (C=O) groups excluding carboxylic acids is 1. The molecule has 0 aromatic rings. The van der Waals surface area contributed by atoms with Crippen LogP contribution in [0.4, 0.5) is 0 Å². The molecule has 0 amide bonds. The van der Waals surface area contributed by atoms with E-state index in [1.54, 1.807) is 6.08 Å². The van der Waals surface area contributed by atoms with E-state index in [1.165, 1.54) is 5.57 Å². The Kier molecular flexibility index (Phi) is 3.64. The van der Waals surface area contributed by atoms with Gasteiger partial charge in [-0.1, -0.05) is 18.6 Å². The van der Waals surface area contributed by atoms with E-state index in [0.29, 0.717) is 24.2 Å². The number of rotatable bonds is 2. The van der Waals surface area contributed by atoms with Crippen molar-refractivity contribution >= 4 is 5.78 Å². The summed E-state index contributed by atoms with van der Waals surface area (Å²) in [6, 6.07) is 0. The van der Waals surface area contributed by atoms with Crippen LogP contribution >= 0.6 is 0 Å². The summed E-state index contributed by atoms with van der Waals surface area (Å²) < 4.78 is 0. The smallest absolute Gasteiger partial charge is 0.155 e. The average molecular weight is 330 g/mol. The van der Waals surface area contributed by atoms with Gasteiger partial charge in [0.05, 0.1) is 12.2 Å². The lowest BCUT2D eigenvalue weighted by molar-refractivity contribution is -0.124. The van der Waals surface area contributed by atoms with Crippen molar-refractivity contribution in [3.05, 3.63) is 24.3 Å². The third-order valence-electron chi connectivity index (χ3n) is 8.52. The summed E-state index contributed by atoms with van der Waals surface area (Å²) in [7, 11) is 0. The third-order valence-corrected chi connectivity index (χ3v) is 8.52. The number of ketones is 1. The van der Waals surface area contributed by atoms with Crippen LogP contribution in [0.2, 0.25) is 0 Å². The minimum absolute atomic E-state index is 0.0851. The van der Waals surface area contributed by atoms with Gasteiger partial charge in [-0.3, -0.25) is 4.79 Å². The van der Waals surface area contributed by atoms with Crippen molar-refractivity contribution in [2.24, 2.45) is 28.6 Å². The molecule has 4 rings (SSSR count). The largest absolute Gasteiger partial charge is 0.395 e. The normalized spacial score (nSPS) is 50.5. The van der Waals surface area contributed by atoms with Gasteiger partial charge in [0.25, 0.3) is 0 Å². The second kappa shape index (κ2) is 5.28. The van der Waals surface area contributed by atoms with Gasteiger partial charge in [-0.15, -0.1) is 6.58 Å². The molecule has 3 saturated carbocycles. The van der Waals surface area contributed by atoms with Crippen molar-refractivity contribution in [1.82, 2.24) is 0 Å². The Hall–Kier alpha value is -0.930. The Morgan fingerprint density at radius 2 is 1.96 bits per heavy atom. The first-order valence-corrected chi connectivity index (χ1v) is 9.61. The number of carbonyl (C=O) groups is 1. The van der Waals surface area contributed by atoms with E-state index in [0.717, 1.165) is 44.9 Å². The van der Waals surface area contributed by atoms with Crippen LogP contribution in [-0.4, -0.2) is 28.2 Å². The maximum absolute atomic E-state index is 11.9. The van der Waals surface area contributed by atoms with Crippen LogP contribution in [0.25, 0.3) is 0 Å². The van der Waals surface area contributed by atoms with Gasteiger partial charge in [0.1, 0.15) is 0 Å². The van der Waals surface area contributed by atoms with Crippen molar-refractivity contribution in [3.63, 3.8) is 0 Å². The van der Waals surface area contributed by atoms with Gasteiger partial charge in [-0.05, 0) is 68.8 Å². The summed E-state index contributed by atoms with van der Waals surface area (Å²) in [4.78, 5) is 11.9. The number of fused-ring (bicyclic) bond motifs is 5. The highest BCUT2D eigenvalue weighted by molar-refractivity contribution is 5.91. The van der Waals surface area contributed by atoms with Crippen LogP contribution in [0, 0.1) is 28.6 Å². The maximum Gasteiger partial charge on any atom is 0.155 e. The molecule has 3 heteroatoms. The van der Waals surface area contributed by atoms with Crippen molar-refractivity contribution in [2.75, 3.05) is 6.61 Å². The monoisotopic (exact) mass is 330 g/mol. The van der Waals surface area contributed by atoms with Gasteiger partial charge in [-0.2, -0.15) is 0 Å². The minimum atomic E-state index is -0.742. The first-order valence-electron chi connectivity index (χ1n) is 9.61. The average Bonchev–Trinajstić information content (AvgIpc) is 2.86. The molecule has 4 aliphatic rings. The van der Waals surface area contributed by atoms with Crippen LogP contribution in [-0.2, 0) is 4.79 Å². The molecule has 0 unspecified atom stereocenters. The highest BCUT2D eigenvalue weighted by Crippen LogP contribution is 2.67. The summed E-state index contributed by atoms with van der Waals surface area (Å²) in [6.45, 7) is 6.34. The molecule has 3 fully saturated rings. The molecule has 4 aliphatic carbocycles. The van der Waals surface area contributed by atoms with E-state index in [9.17, 15) is 15.0 Å². The van der Waals surface area contributed by atoms with Crippen LogP contribution in [0.3, 0.4) is 0 Å². The lowest BCUT2D eigenvalue weighted by Crippen LogP contribution is -2.55. The van der Waals surface area contributed by atoms with Crippen LogP contribution in [0.15, 0.2) is 24.3 Å². The van der Waals surface area contributed by atoms with Crippen LogP contribution in [0.5, 0.6) is 0 Å². The van der Waals surface area contributed by atoms with Gasteiger partial charge < -0.3 is 10.2 Å². The Morgan fingerprint density at radius 3 is 2.67 bits per heavy atom. The van der Waals surface area contributed by atoms with Crippen molar-refractivity contribution in [1.29, 1.82) is 0 Å². The molecule has 0 aromatic heterocycles. The van der Waals surface area contributed by atoms with Crippen molar-refractivity contribution in [2.45, 2.75) is 63.9 Å². The third kappa shape index (κ3) is 1.89. The summed E-state index contributed by atoms with van der Waals surface area (Å²) in [5.74, 6) is 1.74. The predicted molar refractivity (Wildman–Crippen MR) is 93.3 cm³/mol. The number of hydrogen-bond acceptors (Lipinski definition) is 3. The highest BCUT2D eigenvalue weighted by Gasteiger charge is 2.63. The second-order valence-corrected chi connectivity index (χ2v) is 8.99. The number of hydrogen-bond donors (Lipinski definition) is 2. The topological polar surface area (TPSA) is 57.5 Å². The fourth-order valence-electron chi connectivity index (χ4n) is 7.04. The van der Waals surface area contributed by atoms with Gasteiger partial charge in [0.2, 0.25) is 0 Å². The highest BCUT2D eigenvalue weighted by atomic mass is 16.3. The van der Waals surface area contributed by atoms with Gasteiger partial charge in [0, 0.05) is 17.3 Å². The molecule has 3 nitrogen and oxygen atoms in total. The summed E-state index contributed by atoms with van der Waals surface area (Å²) >= 11 is 0. The number of aliphatic hydroxyl groups is 2. The molecule has 0 spiro atoms. The molecule has 0 aromatic carbocycles. The second-order valence-electron chi connectivity index (χ2n) is 8.99. The fourth-order valence-corrected chi connectivity index (χ4v) is 7.04. The van der Waals surface area contributed by atoms with Crippen LogP contribution < -0.4 is 0 Å². The van der Waals surface area contributed by atoms with Gasteiger partial charge in [-0.25, -0.2) is 0 Å².